The zero-order chi connectivity index (χ0) is 40.0. The summed E-state index contributed by atoms with van der Waals surface area (Å²) in [6, 6.07) is 5.78. The number of benzene rings is 2. The monoisotopic (exact) mass is 801 g/mol. The molecule has 0 aliphatic carbocycles. The number of nitrogens with one attached hydrogen (secondary N) is 2. The lowest BCUT2D eigenvalue weighted by atomic mass is 9.95. The molecule has 2 aliphatic heterocycles. The number of anilines is 2. The third-order valence-electron chi connectivity index (χ3n) is 9.34. The average molecular weight is 802 g/mol. The van der Waals surface area contributed by atoms with Crippen molar-refractivity contribution in [1.29, 1.82) is 5.26 Å². The Balaban J connectivity index is 1.44. The fourth-order valence-corrected chi connectivity index (χ4v) is 8.49. The molecule has 0 spiro atoms. The van der Waals surface area contributed by atoms with E-state index in [4.69, 9.17) is 25.8 Å². The molecule has 17 heteroatoms. The van der Waals surface area contributed by atoms with Crippen LogP contribution in [0, 0.1) is 23.0 Å². The van der Waals surface area contributed by atoms with E-state index in [-0.39, 0.29) is 79.2 Å². The van der Waals surface area contributed by atoms with E-state index in [0.717, 1.165) is 36.8 Å². The predicted molar refractivity (Wildman–Crippen MR) is 206 cm³/mol. The van der Waals surface area contributed by atoms with Crippen molar-refractivity contribution in [3.8, 4) is 23.2 Å². The number of halogens is 4. The lowest BCUT2D eigenvalue weighted by molar-refractivity contribution is 0.0528. The van der Waals surface area contributed by atoms with Gasteiger partial charge in [0.25, 0.3) is 0 Å². The first-order valence-corrected chi connectivity index (χ1v) is 19.0. The quantitative estimate of drug-likeness (QED) is 0.169. The van der Waals surface area contributed by atoms with Crippen LogP contribution in [0.15, 0.2) is 18.2 Å². The van der Waals surface area contributed by atoms with Crippen LogP contribution >= 0.6 is 22.9 Å². The largest absolute Gasteiger partial charge is 0.461 e. The number of rotatable bonds is 9. The predicted octanol–water partition coefficient (Wildman–Crippen LogP) is 8.58. The number of hydrogen-bond donors (Lipinski definition) is 2. The molecule has 2 fully saturated rings. The van der Waals surface area contributed by atoms with Crippen molar-refractivity contribution in [2.75, 3.05) is 50.1 Å². The Morgan fingerprint density at radius 3 is 2.55 bits per heavy atom. The van der Waals surface area contributed by atoms with Crippen LogP contribution in [0.3, 0.4) is 0 Å². The van der Waals surface area contributed by atoms with Crippen LogP contribution in [0.1, 0.15) is 66.4 Å². The number of alkyl halides is 1. The molecule has 55 heavy (non-hydrogen) atoms. The lowest BCUT2D eigenvalue weighted by Crippen LogP contribution is -2.43. The van der Waals surface area contributed by atoms with Gasteiger partial charge >= 0.3 is 18.2 Å². The summed E-state index contributed by atoms with van der Waals surface area (Å²) >= 11 is 7.67. The summed E-state index contributed by atoms with van der Waals surface area (Å²) in [5, 5.41) is 15.7. The Hall–Kier alpha value is -4.59. The normalized spacial score (nSPS) is 18.6. The van der Waals surface area contributed by atoms with Gasteiger partial charge in [0.1, 0.15) is 52.2 Å². The molecule has 0 unspecified atom stereocenters. The van der Waals surface area contributed by atoms with Crippen molar-refractivity contribution in [1.82, 2.24) is 20.2 Å². The first-order valence-electron chi connectivity index (χ1n) is 17.8. The van der Waals surface area contributed by atoms with Gasteiger partial charge in [0.15, 0.2) is 5.82 Å². The molecule has 2 aliphatic rings. The number of thiophene rings is 1. The zero-order valence-electron chi connectivity index (χ0n) is 31.7. The highest BCUT2D eigenvalue weighted by molar-refractivity contribution is 7.23. The van der Waals surface area contributed by atoms with E-state index in [1.54, 1.807) is 53.5 Å². The smallest absolute Gasteiger partial charge is 0.412 e. The van der Waals surface area contributed by atoms with E-state index >= 15 is 8.78 Å². The minimum Gasteiger partial charge on any atom is -0.461 e. The Morgan fingerprint density at radius 2 is 1.85 bits per heavy atom. The maximum Gasteiger partial charge on any atom is 0.412 e. The second kappa shape index (κ2) is 15.2. The van der Waals surface area contributed by atoms with Crippen molar-refractivity contribution in [3.05, 3.63) is 40.4 Å². The molecule has 4 heterocycles. The number of ether oxygens (including phenoxy) is 3. The number of aromatic nitrogens is 2. The van der Waals surface area contributed by atoms with Crippen LogP contribution in [0.25, 0.3) is 32.1 Å². The van der Waals surface area contributed by atoms with Gasteiger partial charge in [-0.25, -0.2) is 22.8 Å². The molecule has 2 saturated heterocycles. The summed E-state index contributed by atoms with van der Waals surface area (Å²) in [6.07, 6.45) is -0.547. The topological polar surface area (TPSA) is 142 Å². The number of amides is 2. The van der Waals surface area contributed by atoms with E-state index in [0.29, 0.717) is 13.0 Å². The van der Waals surface area contributed by atoms with Gasteiger partial charge < -0.3 is 24.4 Å². The summed E-state index contributed by atoms with van der Waals surface area (Å²) in [7, 11) is 1.69. The maximum atomic E-state index is 17.2. The number of hydrogen-bond acceptors (Lipinski definition) is 11. The standard InChI is InChI=1S/C38H43ClF3N7O5S/c1-36(2,3)53-34(50)44-12-14-48(7)31-22-15-24(39)27(28(42)29(22)45-33(46-31)52-19-38-11-8-13-49(38)18-20(40)16-38)21-9-10-25(41)30-26(21)23(17-43)32(55-30)47-35(51)54-37(4,5)6/h9-10,15,20H,8,11-14,16,18-19H2,1-7H3,(H,44,50)(H,47,51)/t20-,38+/m1/s1. The third kappa shape index (κ3) is 8.48. The van der Waals surface area contributed by atoms with Gasteiger partial charge in [-0.15, -0.1) is 11.3 Å². The van der Waals surface area contributed by atoms with Crippen LogP contribution < -0.4 is 20.3 Å². The van der Waals surface area contributed by atoms with Crippen molar-refractivity contribution in [2.45, 2.75) is 83.7 Å². The first-order chi connectivity index (χ1) is 25.8. The molecule has 0 radical (unpaired) electrons. The highest BCUT2D eigenvalue weighted by Gasteiger charge is 2.49. The van der Waals surface area contributed by atoms with Crippen LogP contribution in [-0.2, 0) is 9.47 Å². The van der Waals surface area contributed by atoms with E-state index in [1.807, 2.05) is 6.07 Å². The van der Waals surface area contributed by atoms with Crippen LogP contribution in [-0.4, -0.2) is 89.8 Å². The number of alkyl carbamates (subject to hydrolysis) is 1. The van der Waals surface area contributed by atoms with Crippen molar-refractivity contribution in [3.63, 3.8) is 0 Å². The zero-order valence-corrected chi connectivity index (χ0v) is 33.2. The lowest BCUT2D eigenvalue weighted by Gasteiger charge is -2.31. The fourth-order valence-electron chi connectivity index (χ4n) is 7.13. The van der Waals surface area contributed by atoms with E-state index in [2.05, 4.69) is 25.5 Å². The van der Waals surface area contributed by atoms with Gasteiger partial charge in [-0.05, 0) is 78.6 Å². The summed E-state index contributed by atoms with van der Waals surface area (Å²) < 4.78 is 64.0. The molecule has 2 amide bonds. The third-order valence-corrected chi connectivity index (χ3v) is 10.7. The van der Waals surface area contributed by atoms with Gasteiger partial charge in [-0.1, -0.05) is 17.7 Å². The maximum absolute atomic E-state index is 17.2. The molecule has 0 saturated carbocycles. The Labute approximate surface area is 325 Å². The highest BCUT2D eigenvalue weighted by atomic mass is 35.5. The molecule has 2 N–H and O–H groups in total. The van der Waals surface area contributed by atoms with E-state index in [9.17, 15) is 19.2 Å². The summed E-state index contributed by atoms with van der Waals surface area (Å²) in [6.45, 7) is 11.7. The molecule has 2 aromatic carbocycles. The summed E-state index contributed by atoms with van der Waals surface area (Å²) in [5.74, 6) is -1.36. The number of nitrogens with zero attached hydrogens (tertiary/aromatic N) is 5. The number of likely N-dealkylation sites (N-methyl/N-ethyl adjacent to an activating group) is 1. The highest BCUT2D eigenvalue weighted by Crippen LogP contribution is 2.47. The molecule has 2 aromatic heterocycles. The summed E-state index contributed by atoms with van der Waals surface area (Å²) in [4.78, 5) is 37.9. The molecule has 12 nitrogen and oxygen atoms in total. The molecular formula is C38H43ClF3N7O5S. The first kappa shape index (κ1) is 40.1. The molecule has 6 rings (SSSR count). The number of carbonyl (C=O) groups excluding carboxylic acids is 2. The van der Waals surface area contributed by atoms with Gasteiger partial charge in [-0.3, -0.25) is 10.2 Å². The van der Waals surface area contributed by atoms with E-state index in [1.165, 1.54) is 12.1 Å². The second-order valence-electron chi connectivity index (χ2n) is 15.8. The van der Waals surface area contributed by atoms with Crippen LogP contribution in [0.2, 0.25) is 5.02 Å². The van der Waals surface area contributed by atoms with Crippen LogP contribution in [0.4, 0.5) is 33.6 Å². The van der Waals surface area contributed by atoms with Gasteiger partial charge in [-0.2, -0.15) is 15.2 Å². The number of nitriles is 1. The number of carbonyl (C=O) groups is 2. The average Bonchev–Trinajstić information content (AvgIpc) is 3.72. The van der Waals surface area contributed by atoms with E-state index < -0.39 is 46.7 Å². The molecule has 2 atom stereocenters. The Morgan fingerprint density at radius 1 is 1.15 bits per heavy atom. The van der Waals surface area contributed by atoms with Crippen molar-refractivity contribution >= 4 is 66.9 Å². The fraction of sp³-hybridized carbons (Fsp3) is 0.500. The van der Waals surface area contributed by atoms with Crippen LogP contribution in [0.5, 0.6) is 6.01 Å². The van der Waals surface area contributed by atoms with Gasteiger partial charge in [0.05, 0.1) is 20.8 Å². The summed E-state index contributed by atoms with van der Waals surface area (Å²) in [5.41, 5.74) is -2.45. The minimum absolute atomic E-state index is 0.0107. The Kier molecular flexibility index (Phi) is 11.0. The Bertz CT molecular complexity index is 2200. The molecular weight excluding hydrogens is 759 g/mol. The van der Waals surface area contributed by atoms with Crippen molar-refractivity contribution < 1.29 is 37.0 Å². The van der Waals surface area contributed by atoms with Gasteiger partial charge in [0.2, 0.25) is 0 Å². The van der Waals surface area contributed by atoms with Crippen molar-refractivity contribution in [2.24, 2.45) is 0 Å². The SMILES string of the molecule is CN(CCNC(=O)OC(C)(C)C)c1nc(OC[C@@]23CCCN2C[C@H](F)C3)nc2c(F)c(-c3ccc(F)c4sc(NC(=O)OC(C)(C)C)c(C#N)c34)c(Cl)cc12. The minimum atomic E-state index is -0.995. The molecule has 4 aromatic rings. The molecule has 294 valence electrons. The molecule has 0 bridgehead atoms. The van der Waals surface area contributed by atoms with Gasteiger partial charge in [0, 0.05) is 49.4 Å². The second-order valence-corrected chi connectivity index (χ2v) is 17.3. The number of fused-ring (bicyclic) bond motifs is 3.